The van der Waals surface area contributed by atoms with Crippen LogP contribution in [0.1, 0.15) is 34.1 Å². The molecule has 1 rings (SSSR count). The predicted octanol–water partition coefficient (Wildman–Crippen LogP) is 2.15. The molecule has 0 amide bonds. The molecule has 1 aliphatic heterocycles. The molecule has 0 spiro atoms. The van der Waals surface area contributed by atoms with Gasteiger partial charge in [-0.05, 0) is 11.8 Å². The van der Waals surface area contributed by atoms with Gasteiger partial charge >= 0.3 is 11.9 Å². The molecule has 112 valence electrons. The van der Waals surface area contributed by atoms with Crippen molar-refractivity contribution in [2.45, 2.75) is 34.1 Å². The van der Waals surface area contributed by atoms with Gasteiger partial charge in [-0.3, -0.25) is 0 Å². The van der Waals surface area contributed by atoms with E-state index in [2.05, 4.69) is 5.32 Å². The van der Waals surface area contributed by atoms with Gasteiger partial charge in [-0.1, -0.05) is 27.7 Å². The first kappa shape index (κ1) is 16.3. The first-order valence-electron chi connectivity index (χ1n) is 6.73. The smallest absolute Gasteiger partial charge is 0.335 e. The Bertz CT molecular complexity index is 430. The third-order valence-corrected chi connectivity index (χ3v) is 3.29. The van der Waals surface area contributed by atoms with Crippen LogP contribution in [0, 0.1) is 11.8 Å². The second-order valence-corrected chi connectivity index (χ2v) is 5.38. The summed E-state index contributed by atoms with van der Waals surface area (Å²) < 4.78 is 9.63. The van der Waals surface area contributed by atoms with Gasteiger partial charge in [-0.15, -0.1) is 0 Å². The van der Waals surface area contributed by atoms with Gasteiger partial charge in [0.15, 0.2) is 0 Å². The molecular weight excluding hydrogens is 258 g/mol. The molecule has 1 N–H and O–H groups in total. The fraction of sp³-hybridized carbons (Fsp3) is 0.600. The summed E-state index contributed by atoms with van der Waals surface area (Å²) in [6.45, 7) is 7.97. The van der Waals surface area contributed by atoms with Crippen molar-refractivity contribution in [3.05, 3.63) is 22.5 Å². The van der Waals surface area contributed by atoms with Crippen LogP contribution >= 0.6 is 0 Å². The highest BCUT2D eigenvalue weighted by atomic mass is 16.5. The molecule has 0 radical (unpaired) electrons. The minimum Gasteiger partial charge on any atom is -0.466 e. The first-order valence-corrected chi connectivity index (χ1v) is 6.73. The Balaban J connectivity index is 3.29. The van der Waals surface area contributed by atoms with Crippen LogP contribution in [-0.2, 0) is 19.1 Å². The Kier molecular flexibility index (Phi) is 5.36. The van der Waals surface area contributed by atoms with Crippen molar-refractivity contribution >= 4 is 11.9 Å². The highest BCUT2D eigenvalue weighted by Gasteiger charge is 2.31. The number of hydrogen-bond donors (Lipinski definition) is 1. The third-order valence-electron chi connectivity index (χ3n) is 3.29. The van der Waals surface area contributed by atoms with Crippen LogP contribution in [0.3, 0.4) is 0 Å². The van der Waals surface area contributed by atoms with Crippen molar-refractivity contribution in [3.63, 3.8) is 0 Å². The van der Waals surface area contributed by atoms with Gasteiger partial charge < -0.3 is 14.8 Å². The van der Waals surface area contributed by atoms with Crippen LogP contribution in [0.15, 0.2) is 22.5 Å². The molecule has 5 nitrogen and oxygen atoms in total. The number of carbonyl (C=O) groups is 2. The molecule has 0 aromatic carbocycles. The van der Waals surface area contributed by atoms with Crippen molar-refractivity contribution in [1.82, 2.24) is 5.32 Å². The largest absolute Gasteiger partial charge is 0.466 e. The maximum atomic E-state index is 11.9. The normalized spacial score (nSPS) is 15.6. The summed E-state index contributed by atoms with van der Waals surface area (Å²) in [5.41, 5.74) is 2.61. The van der Waals surface area contributed by atoms with E-state index >= 15 is 0 Å². The molecule has 20 heavy (non-hydrogen) atoms. The third kappa shape index (κ3) is 3.21. The van der Waals surface area contributed by atoms with Crippen LogP contribution in [0.4, 0.5) is 0 Å². The van der Waals surface area contributed by atoms with Gasteiger partial charge in [0.1, 0.15) is 0 Å². The summed E-state index contributed by atoms with van der Waals surface area (Å²) in [7, 11) is 2.68. The second kappa shape index (κ2) is 6.59. The molecule has 0 aromatic rings. The number of dihydropyridines is 1. The Labute approximate surface area is 120 Å². The molecule has 1 aliphatic rings. The fourth-order valence-electron chi connectivity index (χ4n) is 2.26. The molecular formula is C15H23NO4. The topological polar surface area (TPSA) is 64.6 Å². The van der Waals surface area contributed by atoms with E-state index in [1.54, 1.807) is 0 Å². The summed E-state index contributed by atoms with van der Waals surface area (Å²) in [5, 5.41) is 3.24. The SMILES string of the molecule is COC(=O)C1=C(C(C)C)NC(C(C)C)=C(C(=O)OC)C1. The number of allylic oxidation sites excluding steroid dienone is 2. The zero-order valence-electron chi connectivity index (χ0n) is 13.0. The summed E-state index contributed by atoms with van der Waals surface area (Å²) in [4.78, 5) is 23.8. The predicted molar refractivity (Wildman–Crippen MR) is 75.5 cm³/mol. The second-order valence-electron chi connectivity index (χ2n) is 5.38. The standard InChI is InChI=1S/C15H23NO4/c1-8(2)12-10(14(17)19-5)7-11(15(18)20-6)13(16-12)9(3)4/h8-9,16H,7H2,1-6H3. The lowest BCUT2D eigenvalue weighted by atomic mass is 9.89. The van der Waals surface area contributed by atoms with Crippen LogP contribution in [0.2, 0.25) is 0 Å². The minimum atomic E-state index is -0.412. The number of hydrogen-bond acceptors (Lipinski definition) is 5. The van der Waals surface area contributed by atoms with Gasteiger partial charge in [0.2, 0.25) is 0 Å². The van der Waals surface area contributed by atoms with Crippen molar-refractivity contribution in [1.29, 1.82) is 0 Å². The van der Waals surface area contributed by atoms with Crippen molar-refractivity contribution < 1.29 is 19.1 Å². The molecule has 0 fully saturated rings. The number of methoxy groups -OCH3 is 2. The summed E-state index contributed by atoms with van der Waals surface area (Å²) in [5.74, 6) is -0.551. The van der Waals surface area contributed by atoms with E-state index in [1.165, 1.54) is 14.2 Å². The van der Waals surface area contributed by atoms with E-state index in [0.717, 1.165) is 11.4 Å². The van der Waals surface area contributed by atoms with Gasteiger partial charge in [-0.2, -0.15) is 0 Å². The number of rotatable bonds is 4. The maximum absolute atomic E-state index is 11.9. The Hall–Kier alpha value is -1.78. The summed E-state index contributed by atoms with van der Waals surface area (Å²) >= 11 is 0. The lowest BCUT2D eigenvalue weighted by Gasteiger charge is -2.29. The zero-order valence-corrected chi connectivity index (χ0v) is 13.0. The summed E-state index contributed by atoms with van der Waals surface area (Å²) in [6.07, 6.45) is 0.243. The monoisotopic (exact) mass is 281 g/mol. The molecule has 5 heteroatoms. The van der Waals surface area contributed by atoms with Crippen LogP contribution in [0.5, 0.6) is 0 Å². The summed E-state index contributed by atoms with van der Waals surface area (Å²) in [6, 6.07) is 0. The van der Waals surface area contributed by atoms with E-state index < -0.39 is 11.9 Å². The zero-order chi connectivity index (χ0) is 15.4. The van der Waals surface area contributed by atoms with E-state index in [0.29, 0.717) is 11.1 Å². The van der Waals surface area contributed by atoms with Gasteiger partial charge in [0.25, 0.3) is 0 Å². The molecule has 0 atom stereocenters. The van der Waals surface area contributed by atoms with Gasteiger partial charge in [0.05, 0.1) is 25.4 Å². The average molecular weight is 281 g/mol. The van der Waals surface area contributed by atoms with Crippen molar-refractivity contribution in [2.24, 2.45) is 11.8 Å². The molecule has 0 saturated carbocycles. The number of nitrogens with one attached hydrogen (secondary N) is 1. The van der Waals surface area contributed by atoms with E-state index in [9.17, 15) is 9.59 Å². The quantitative estimate of drug-likeness (QED) is 0.800. The lowest BCUT2D eigenvalue weighted by molar-refractivity contribution is -0.136. The minimum absolute atomic E-state index is 0.136. The molecule has 0 saturated heterocycles. The lowest BCUT2D eigenvalue weighted by Crippen LogP contribution is -2.32. The average Bonchev–Trinajstić information content (AvgIpc) is 2.43. The first-order chi connectivity index (χ1) is 9.33. The Morgan fingerprint density at radius 1 is 0.900 bits per heavy atom. The van der Waals surface area contributed by atoms with E-state index in [1.807, 2.05) is 27.7 Å². The van der Waals surface area contributed by atoms with Gasteiger partial charge in [0, 0.05) is 17.8 Å². The van der Waals surface area contributed by atoms with Gasteiger partial charge in [-0.25, -0.2) is 9.59 Å². The van der Waals surface area contributed by atoms with Crippen LogP contribution in [0.25, 0.3) is 0 Å². The van der Waals surface area contributed by atoms with Crippen LogP contribution in [-0.4, -0.2) is 26.2 Å². The van der Waals surface area contributed by atoms with Crippen molar-refractivity contribution in [2.75, 3.05) is 14.2 Å². The molecule has 0 bridgehead atoms. The Morgan fingerprint density at radius 2 is 1.25 bits per heavy atom. The van der Waals surface area contributed by atoms with E-state index in [4.69, 9.17) is 9.47 Å². The Morgan fingerprint density at radius 3 is 1.50 bits per heavy atom. The maximum Gasteiger partial charge on any atom is 0.335 e. The number of carbonyl (C=O) groups excluding carboxylic acids is 2. The molecule has 0 unspecified atom stereocenters. The van der Waals surface area contributed by atoms with E-state index in [-0.39, 0.29) is 18.3 Å². The number of ether oxygens (including phenoxy) is 2. The molecule has 0 aliphatic carbocycles. The number of esters is 2. The van der Waals surface area contributed by atoms with Crippen molar-refractivity contribution in [3.8, 4) is 0 Å². The van der Waals surface area contributed by atoms with Crippen LogP contribution < -0.4 is 5.32 Å². The molecule has 0 aromatic heterocycles. The molecule has 1 heterocycles. The fourth-order valence-corrected chi connectivity index (χ4v) is 2.26. The highest BCUT2D eigenvalue weighted by Crippen LogP contribution is 2.31. The highest BCUT2D eigenvalue weighted by molar-refractivity contribution is 5.96.